The minimum atomic E-state index is -1.12. The lowest BCUT2D eigenvalue weighted by Crippen LogP contribution is -2.30. The molecular weight excluding hydrogens is 330 g/mol. The standard InChI is InChI=1S/C20H17N3O3/c21-15-11-14(19(24)25)12-16(13-15)22-20(26)23(17-7-3-1-4-8-17)18-9-5-2-6-10-18/h1-13H,21H2,(H,22,26)(H,24,25). The van der Waals surface area contributed by atoms with Crippen molar-refractivity contribution in [2.24, 2.45) is 0 Å². The Kier molecular flexibility index (Phi) is 4.85. The van der Waals surface area contributed by atoms with Gasteiger partial charge in [-0.2, -0.15) is 0 Å². The summed E-state index contributed by atoms with van der Waals surface area (Å²) in [5, 5.41) is 11.9. The predicted molar refractivity (Wildman–Crippen MR) is 102 cm³/mol. The Labute approximate surface area is 150 Å². The second-order valence-corrected chi connectivity index (χ2v) is 5.59. The fraction of sp³-hybridized carbons (Fsp3) is 0. The number of carboxylic acid groups (broad SMARTS) is 1. The minimum Gasteiger partial charge on any atom is -0.478 e. The molecule has 6 nitrogen and oxygen atoms in total. The summed E-state index contributed by atoms with van der Waals surface area (Å²) in [5.74, 6) is -1.12. The third kappa shape index (κ3) is 3.81. The molecule has 0 saturated carbocycles. The second kappa shape index (κ2) is 7.40. The van der Waals surface area contributed by atoms with E-state index in [2.05, 4.69) is 5.32 Å². The quantitative estimate of drug-likeness (QED) is 0.612. The molecule has 0 atom stereocenters. The summed E-state index contributed by atoms with van der Waals surface area (Å²) in [6.07, 6.45) is 0. The summed E-state index contributed by atoms with van der Waals surface area (Å²) in [6, 6.07) is 22.1. The van der Waals surface area contributed by atoms with Gasteiger partial charge in [0.15, 0.2) is 0 Å². The number of nitrogens with one attached hydrogen (secondary N) is 1. The molecule has 0 heterocycles. The summed E-state index contributed by atoms with van der Waals surface area (Å²) in [4.78, 5) is 25.6. The molecule has 0 aliphatic heterocycles. The average molecular weight is 347 g/mol. The molecule has 0 bridgehead atoms. The van der Waals surface area contributed by atoms with Crippen LogP contribution in [0.15, 0.2) is 78.9 Å². The van der Waals surface area contributed by atoms with E-state index in [1.807, 2.05) is 60.7 Å². The third-order valence-corrected chi connectivity index (χ3v) is 3.69. The summed E-state index contributed by atoms with van der Waals surface area (Å²) >= 11 is 0. The molecule has 3 aromatic carbocycles. The van der Waals surface area contributed by atoms with Crippen LogP contribution in [0.25, 0.3) is 0 Å². The van der Waals surface area contributed by atoms with Crippen LogP contribution in [-0.4, -0.2) is 17.1 Å². The number of hydrogen-bond donors (Lipinski definition) is 3. The van der Waals surface area contributed by atoms with Crippen LogP contribution in [0.2, 0.25) is 0 Å². The SMILES string of the molecule is Nc1cc(NC(=O)N(c2ccccc2)c2ccccc2)cc(C(=O)O)c1. The van der Waals surface area contributed by atoms with Gasteiger partial charge in [-0.15, -0.1) is 0 Å². The van der Waals surface area contributed by atoms with Crippen molar-refractivity contribution in [1.82, 2.24) is 0 Å². The molecule has 6 heteroatoms. The van der Waals surface area contributed by atoms with Gasteiger partial charge in [0.05, 0.1) is 16.9 Å². The zero-order valence-corrected chi connectivity index (χ0v) is 13.8. The van der Waals surface area contributed by atoms with Crippen molar-refractivity contribution in [3.05, 3.63) is 84.4 Å². The van der Waals surface area contributed by atoms with Crippen molar-refractivity contribution in [1.29, 1.82) is 0 Å². The van der Waals surface area contributed by atoms with E-state index >= 15 is 0 Å². The molecule has 4 N–H and O–H groups in total. The topological polar surface area (TPSA) is 95.7 Å². The molecule has 130 valence electrons. The van der Waals surface area contributed by atoms with E-state index in [0.29, 0.717) is 17.1 Å². The van der Waals surface area contributed by atoms with Gasteiger partial charge in [-0.3, -0.25) is 4.90 Å². The number of carbonyl (C=O) groups is 2. The van der Waals surface area contributed by atoms with Crippen LogP contribution in [-0.2, 0) is 0 Å². The number of anilines is 4. The number of benzene rings is 3. The number of aromatic carboxylic acids is 1. The number of carboxylic acids is 1. The van der Waals surface area contributed by atoms with Crippen LogP contribution in [0, 0.1) is 0 Å². The monoisotopic (exact) mass is 347 g/mol. The Morgan fingerprint density at radius 2 is 1.38 bits per heavy atom. The fourth-order valence-corrected chi connectivity index (χ4v) is 2.56. The Balaban J connectivity index is 1.96. The Hall–Kier alpha value is -3.80. The molecule has 0 unspecified atom stereocenters. The van der Waals surface area contributed by atoms with Crippen molar-refractivity contribution in [2.45, 2.75) is 0 Å². The first-order chi connectivity index (χ1) is 12.5. The average Bonchev–Trinajstić information content (AvgIpc) is 2.63. The fourth-order valence-electron chi connectivity index (χ4n) is 2.56. The van der Waals surface area contributed by atoms with E-state index in [9.17, 15) is 9.59 Å². The first-order valence-electron chi connectivity index (χ1n) is 7.89. The van der Waals surface area contributed by atoms with Crippen molar-refractivity contribution in [3.63, 3.8) is 0 Å². The van der Waals surface area contributed by atoms with Gasteiger partial charge in [-0.25, -0.2) is 9.59 Å². The van der Waals surface area contributed by atoms with E-state index in [1.54, 1.807) is 0 Å². The first-order valence-corrected chi connectivity index (χ1v) is 7.89. The predicted octanol–water partition coefficient (Wildman–Crippen LogP) is 4.34. The van der Waals surface area contributed by atoms with Gasteiger partial charge in [-0.05, 0) is 42.5 Å². The number of rotatable bonds is 4. The van der Waals surface area contributed by atoms with E-state index in [-0.39, 0.29) is 11.3 Å². The molecule has 0 aliphatic rings. The first kappa shape index (κ1) is 17.0. The lowest BCUT2D eigenvalue weighted by Gasteiger charge is -2.23. The number of carbonyl (C=O) groups excluding carboxylic acids is 1. The number of para-hydroxylation sites is 2. The van der Waals surface area contributed by atoms with E-state index in [4.69, 9.17) is 10.8 Å². The molecule has 0 radical (unpaired) electrons. The van der Waals surface area contributed by atoms with Gasteiger partial charge >= 0.3 is 12.0 Å². The number of nitrogens with zero attached hydrogens (tertiary/aromatic N) is 1. The van der Waals surface area contributed by atoms with Gasteiger partial charge in [0.2, 0.25) is 0 Å². The number of nitrogens with two attached hydrogens (primary N) is 1. The van der Waals surface area contributed by atoms with Gasteiger partial charge in [0.25, 0.3) is 0 Å². The van der Waals surface area contributed by atoms with Crippen LogP contribution in [0.1, 0.15) is 10.4 Å². The van der Waals surface area contributed by atoms with Crippen molar-refractivity contribution in [3.8, 4) is 0 Å². The van der Waals surface area contributed by atoms with Crippen LogP contribution in [0.3, 0.4) is 0 Å². The Morgan fingerprint density at radius 1 is 0.846 bits per heavy atom. The summed E-state index contributed by atoms with van der Waals surface area (Å²) in [7, 11) is 0. The number of amides is 2. The normalized spacial score (nSPS) is 10.2. The zero-order valence-electron chi connectivity index (χ0n) is 13.8. The maximum atomic E-state index is 12.9. The van der Waals surface area contributed by atoms with E-state index in [0.717, 1.165) is 0 Å². The number of hydrogen-bond acceptors (Lipinski definition) is 3. The van der Waals surface area contributed by atoms with Crippen LogP contribution >= 0.6 is 0 Å². The van der Waals surface area contributed by atoms with Crippen molar-refractivity contribution < 1.29 is 14.7 Å². The molecule has 0 saturated heterocycles. The highest BCUT2D eigenvalue weighted by Gasteiger charge is 2.18. The lowest BCUT2D eigenvalue weighted by molar-refractivity contribution is 0.0697. The van der Waals surface area contributed by atoms with Crippen LogP contribution in [0.5, 0.6) is 0 Å². The largest absolute Gasteiger partial charge is 0.478 e. The van der Waals surface area contributed by atoms with Crippen molar-refractivity contribution >= 4 is 34.7 Å². The molecule has 2 amide bonds. The molecule has 26 heavy (non-hydrogen) atoms. The minimum absolute atomic E-state index is 0.00581. The van der Waals surface area contributed by atoms with Gasteiger partial charge < -0.3 is 16.2 Å². The molecular formula is C20H17N3O3. The molecule has 0 aliphatic carbocycles. The highest BCUT2D eigenvalue weighted by molar-refractivity contribution is 6.07. The van der Waals surface area contributed by atoms with E-state index in [1.165, 1.54) is 23.1 Å². The summed E-state index contributed by atoms with van der Waals surface area (Å²) in [5.41, 5.74) is 7.67. The van der Waals surface area contributed by atoms with Gasteiger partial charge in [-0.1, -0.05) is 36.4 Å². The summed E-state index contributed by atoms with van der Waals surface area (Å²) in [6.45, 7) is 0. The van der Waals surface area contributed by atoms with E-state index < -0.39 is 12.0 Å². The van der Waals surface area contributed by atoms with Gasteiger partial charge in [0.1, 0.15) is 0 Å². The number of urea groups is 1. The van der Waals surface area contributed by atoms with Crippen molar-refractivity contribution in [2.75, 3.05) is 16.0 Å². The number of nitrogen functional groups attached to an aromatic ring is 1. The zero-order chi connectivity index (χ0) is 18.5. The molecule has 3 rings (SSSR count). The van der Waals surface area contributed by atoms with Gasteiger partial charge in [0, 0.05) is 11.4 Å². The van der Waals surface area contributed by atoms with Crippen LogP contribution in [0.4, 0.5) is 27.5 Å². The maximum Gasteiger partial charge on any atom is 0.335 e. The Morgan fingerprint density at radius 3 is 1.88 bits per heavy atom. The smallest absolute Gasteiger partial charge is 0.335 e. The molecule has 0 aromatic heterocycles. The second-order valence-electron chi connectivity index (χ2n) is 5.59. The third-order valence-electron chi connectivity index (χ3n) is 3.69. The molecule has 0 fully saturated rings. The van der Waals surface area contributed by atoms with Crippen LogP contribution < -0.4 is 16.0 Å². The maximum absolute atomic E-state index is 12.9. The Bertz CT molecular complexity index is 888. The lowest BCUT2D eigenvalue weighted by atomic mass is 10.1. The highest BCUT2D eigenvalue weighted by atomic mass is 16.4. The molecule has 0 spiro atoms. The molecule has 3 aromatic rings. The summed E-state index contributed by atoms with van der Waals surface area (Å²) < 4.78 is 0. The highest BCUT2D eigenvalue weighted by Crippen LogP contribution is 2.26.